The molecule has 0 aliphatic carbocycles. The van der Waals surface area contributed by atoms with Gasteiger partial charge in [0.05, 0.1) is 7.11 Å². The number of benzene rings is 2. The van der Waals surface area contributed by atoms with Crippen LogP contribution in [0.3, 0.4) is 0 Å². The van der Waals surface area contributed by atoms with E-state index in [1.54, 1.807) is 24.3 Å². The van der Waals surface area contributed by atoms with Crippen LogP contribution >= 0.6 is 11.6 Å². The number of carbonyl (C=O) groups is 1. The number of methoxy groups -OCH3 is 1. The van der Waals surface area contributed by atoms with E-state index in [1.165, 1.54) is 39.4 Å². The van der Waals surface area contributed by atoms with Gasteiger partial charge in [-0.3, -0.25) is 4.79 Å². The average molecular weight is 369 g/mol. The summed E-state index contributed by atoms with van der Waals surface area (Å²) in [6.07, 6.45) is 0. The Morgan fingerprint density at radius 3 is 2.46 bits per heavy atom. The number of halogens is 1. The second kappa shape index (κ2) is 7.21. The number of carbonyl (C=O) groups excluding carboxylic acids is 1. The molecule has 0 unspecified atom stereocenters. The van der Waals surface area contributed by atoms with Crippen molar-refractivity contribution >= 4 is 33.2 Å². The van der Waals surface area contributed by atoms with Crippen molar-refractivity contribution in [3.63, 3.8) is 0 Å². The Morgan fingerprint density at radius 2 is 1.88 bits per heavy atom. The number of hydrogen-bond acceptors (Lipinski definition) is 4. The van der Waals surface area contributed by atoms with Gasteiger partial charge in [-0.15, -0.1) is 0 Å². The predicted molar refractivity (Wildman–Crippen MR) is 93.3 cm³/mol. The van der Waals surface area contributed by atoms with Gasteiger partial charge in [-0.2, -0.15) is 0 Å². The minimum absolute atomic E-state index is 0.0752. The highest BCUT2D eigenvalue weighted by Gasteiger charge is 2.23. The number of sulfonamides is 1. The summed E-state index contributed by atoms with van der Waals surface area (Å²) < 4.78 is 30.9. The van der Waals surface area contributed by atoms with Crippen LogP contribution in [0.5, 0.6) is 5.75 Å². The van der Waals surface area contributed by atoms with E-state index < -0.39 is 15.9 Å². The van der Waals surface area contributed by atoms with Crippen LogP contribution in [0.4, 0.5) is 5.69 Å². The fourth-order valence-electron chi connectivity index (χ4n) is 1.99. The molecule has 24 heavy (non-hydrogen) atoms. The largest absolute Gasteiger partial charge is 0.495 e. The third kappa shape index (κ3) is 3.87. The van der Waals surface area contributed by atoms with E-state index in [-0.39, 0.29) is 16.2 Å². The van der Waals surface area contributed by atoms with E-state index in [0.29, 0.717) is 10.7 Å². The highest BCUT2D eigenvalue weighted by Crippen LogP contribution is 2.27. The molecule has 0 aromatic heterocycles. The number of hydrogen-bond donors (Lipinski definition) is 1. The molecule has 0 bridgehead atoms. The van der Waals surface area contributed by atoms with Gasteiger partial charge in [-0.25, -0.2) is 12.7 Å². The van der Waals surface area contributed by atoms with Crippen LogP contribution in [-0.2, 0) is 10.0 Å². The van der Waals surface area contributed by atoms with Gasteiger partial charge in [0.25, 0.3) is 5.91 Å². The number of rotatable bonds is 5. The van der Waals surface area contributed by atoms with Crippen molar-refractivity contribution in [3.8, 4) is 5.75 Å². The van der Waals surface area contributed by atoms with Gasteiger partial charge < -0.3 is 10.1 Å². The molecule has 0 saturated carbocycles. The Hall–Kier alpha value is -2.09. The van der Waals surface area contributed by atoms with E-state index in [2.05, 4.69) is 5.32 Å². The Bertz CT molecular complexity index is 866. The first kappa shape index (κ1) is 18.3. The molecule has 8 heteroatoms. The Morgan fingerprint density at radius 1 is 1.17 bits per heavy atom. The zero-order valence-corrected chi connectivity index (χ0v) is 15.0. The molecule has 0 aliphatic heterocycles. The summed E-state index contributed by atoms with van der Waals surface area (Å²) >= 11 is 5.88. The number of nitrogens with one attached hydrogen (secondary N) is 1. The van der Waals surface area contributed by atoms with E-state index in [4.69, 9.17) is 16.3 Å². The fraction of sp³-hybridized carbons (Fsp3) is 0.188. The highest BCUT2D eigenvalue weighted by molar-refractivity contribution is 7.89. The number of nitrogens with zero attached hydrogens (tertiary/aromatic N) is 1. The second-order valence-electron chi connectivity index (χ2n) is 5.12. The minimum atomic E-state index is -3.75. The normalized spacial score (nSPS) is 11.4. The second-order valence-corrected chi connectivity index (χ2v) is 7.67. The van der Waals surface area contributed by atoms with Crippen LogP contribution in [0.2, 0.25) is 5.02 Å². The topological polar surface area (TPSA) is 75.7 Å². The van der Waals surface area contributed by atoms with Crippen molar-refractivity contribution in [3.05, 3.63) is 53.1 Å². The molecule has 0 fully saturated rings. The average Bonchev–Trinajstić information content (AvgIpc) is 2.54. The lowest BCUT2D eigenvalue weighted by molar-refractivity contribution is 0.102. The quantitative estimate of drug-likeness (QED) is 0.880. The maximum absolute atomic E-state index is 12.4. The van der Waals surface area contributed by atoms with Gasteiger partial charge in [-0.05, 0) is 36.4 Å². The van der Waals surface area contributed by atoms with Crippen LogP contribution in [0.25, 0.3) is 0 Å². The molecule has 1 N–H and O–H groups in total. The summed E-state index contributed by atoms with van der Waals surface area (Å²) in [4.78, 5) is 12.3. The SMILES string of the molecule is COc1ccc(C(=O)Nc2cccc(Cl)c2)cc1S(=O)(=O)N(C)C. The van der Waals surface area contributed by atoms with E-state index in [0.717, 1.165) is 4.31 Å². The summed E-state index contributed by atoms with van der Waals surface area (Å²) in [6, 6.07) is 10.9. The van der Waals surface area contributed by atoms with Crippen molar-refractivity contribution in [2.45, 2.75) is 4.90 Å². The van der Waals surface area contributed by atoms with Crippen molar-refractivity contribution in [2.75, 3.05) is 26.5 Å². The number of amides is 1. The highest BCUT2D eigenvalue weighted by atomic mass is 35.5. The Kier molecular flexibility index (Phi) is 5.48. The molecule has 0 radical (unpaired) electrons. The van der Waals surface area contributed by atoms with Gasteiger partial charge in [0, 0.05) is 30.4 Å². The Balaban J connectivity index is 2.40. The minimum Gasteiger partial charge on any atom is -0.495 e. The first-order chi connectivity index (χ1) is 11.3. The molecule has 2 aromatic rings. The number of anilines is 1. The fourth-order valence-corrected chi connectivity index (χ4v) is 3.25. The van der Waals surface area contributed by atoms with Crippen LogP contribution in [0.1, 0.15) is 10.4 Å². The first-order valence-corrected chi connectivity index (χ1v) is 8.75. The summed E-state index contributed by atoms with van der Waals surface area (Å²) in [5.41, 5.74) is 0.705. The molecule has 0 aliphatic rings. The maximum Gasteiger partial charge on any atom is 0.255 e. The molecular weight excluding hydrogens is 352 g/mol. The summed E-state index contributed by atoms with van der Waals surface area (Å²) in [5, 5.41) is 3.16. The van der Waals surface area contributed by atoms with Gasteiger partial charge >= 0.3 is 0 Å². The van der Waals surface area contributed by atoms with Gasteiger partial charge in [-0.1, -0.05) is 17.7 Å². The molecule has 128 valence electrons. The van der Waals surface area contributed by atoms with Crippen LogP contribution in [0, 0.1) is 0 Å². The smallest absolute Gasteiger partial charge is 0.255 e. The van der Waals surface area contributed by atoms with E-state index in [1.807, 2.05) is 0 Å². The van der Waals surface area contributed by atoms with Crippen molar-refractivity contribution in [2.24, 2.45) is 0 Å². The van der Waals surface area contributed by atoms with Crippen LogP contribution < -0.4 is 10.1 Å². The van der Waals surface area contributed by atoms with Gasteiger partial charge in [0.2, 0.25) is 10.0 Å². The van der Waals surface area contributed by atoms with E-state index in [9.17, 15) is 13.2 Å². The predicted octanol–water partition coefficient (Wildman–Crippen LogP) is 2.85. The molecule has 0 saturated heterocycles. The standard InChI is InChI=1S/C16H17ClN2O4S/c1-19(2)24(21,22)15-9-11(7-8-14(15)23-3)16(20)18-13-6-4-5-12(17)10-13/h4-10H,1-3H3,(H,18,20). The third-order valence-corrected chi connectivity index (χ3v) is 5.34. The monoisotopic (exact) mass is 368 g/mol. The van der Waals surface area contributed by atoms with Gasteiger partial charge in [0.15, 0.2) is 0 Å². The molecule has 6 nitrogen and oxygen atoms in total. The lowest BCUT2D eigenvalue weighted by atomic mass is 10.2. The third-order valence-electron chi connectivity index (χ3n) is 3.27. The summed E-state index contributed by atoms with van der Waals surface area (Å²) in [7, 11) is 0.443. The molecule has 0 heterocycles. The molecule has 0 spiro atoms. The van der Waals surface area contributed by atoms with Gasteiger partial charge in [0.1, 0.15) is 10.6 Å². The summed E-state index contributed by atoms with van der Waals surface area (Å²) in [5.74, 6) is -0.280. The molecular formula is C16H17ClN2O4S. The summed E-state index contributed by atoms with van der Waals surface area (Å²) in [6.45, 7) is 0. The van der Waals surface area contributed by atoms with E-state index >= 15 is 0 Å². The molecule has 1 amide bonds. The van der Waals surface area contributed by atoms with Crippen LogP contribution in [-0.4, -0.2) is 39.8 Å². The molecule has 0 atom stereocenters. The Labute approximate surface area is 146 Å². The lowest BCUT2D eigenvalue weighted by Crippen LogP contribution is -2.23. The van der Waals surface area contributed by atoms with Crippen LogP contribution in [0.15, 0.2) is 47.4 Å². The van der Waals surface area contributed by atoms with Crippen molar-refractivity contribution in [1.82, 2.24) is 4.31 Å². The lowest BCUT2D eigenvalue weighted by Gasteiger charge is -2.15. The molecule has 2 aromatic carbocycles. The first-order valence-electron chi connectivity index (χ1n) is 6.93. The molecule has 2 rings (SSSR count). The zero-order valence-electron chi connectivity index (χ0n) is 13.4. The van der Waals surface area contributed by atoms with Crippen molar-refractivity contribution < 1.29 is 17.9 Å². The zero-order chi connectivity index (χ0) is 17.9. The number of ether oxygens (including phenoxy) is 1. The maximum atomic E-state index is 12.4. The van der Waals surface area contributed by atoms with Crippen molar-refractivity contribution in [1.29, 1.82) is 0 Å².